The van der Waals surface area contributed by atoms with Gasteiger partial charge in [0.2, 0.25) is 5.95 Å². The molecule has 2 aromatic heterocycles. The molecule has 0 unspecified atom stereocenters. The van der Waals surface area contributed by atoms with Crippen LogP contribution in [0.25, 0.3) is 11.2 Å². The molecule has 8 nitrogen and oxygen atoms in total. The summed E-state index contributed by atoms with van der Waals surface area (Å²) < 4.78 is 2.49. The molecule has 0 bridgehead atoms. The number of nitrogens with one attached hydrogen (secondary N) is 2. The van der Waals surface area contributed by atoms with E-state index in [0.29, 0.717) is 36.6 Å². The number of aliphatic hydroxyl groups excluding tert-OH is 1. The molecule has 0 aliphatic carbocycles. The van der Waals surface area contributed by atoms with Crippen LogP contribution in [0.3, 0.4) is 0 Å². The Labute approximate surface area is 108 Å². The van der Waals surface area contributed by atoms with Gasteiger partial charge in [0.15, 0.2) is 11.2 Å². The van der Waals surface area contributed by atoms with Crippen LogP contribution < -0.4 is 16.6 Å². The third kappa shape index (κ3) is 2.26. The van der Waals surface area contributed by atoms with Crippen molar-refractivity contribution in [3.63, 3.8) is 0 Å². The van der Waals surface area contributed by atoms with E-state index in [1.165, 1.54) is 4.57 Å². The number of hydrogen-bond donors (Lipinski definition) is 3. The molecule has 2 heterocycles. The molecule has 0 radical (unpaired) electrons. The normalized spacial score (nSPS) is 11.1. The third-order valence-corrected chi connectivity index (χ3v) is 2.92. The summed E-state index contributed by atoms with van der Waals surface area (Å²) in [4.78, 5) is 31.1. The average molecular weight is 267 g/mol. The Bertz CT molecular complexity index is 697. The van der Waals surface area contributed by atoms with E-state index in [0.717, 1.165) is 4.57 Å². The maximum Gasteiger partial charge on any atom is 0.332 e. The monoisotopic (exact) mass is 267 g/mol. The molecule has 0 spiro atoms. The van der Waals surface area contributed by atoms with Crippen LogP contribution in [-0.4, -0.2) is 37.4 Å². The second kappa shape index (κ2) is 5.27. The lowest BCUT2D eigenvalue weighted by Gasteiger charge is -2.03. The number of anilines is 1. The zero-order chi connectivity index (χ0) is 14.0. The van der Waals surface area contributed by atoms with Crippen LogP contribution in [0.5, 0.6) is 0 Å². The fourth-order valence-corrected chi connectivity index (χ4v) is 1.90. The molecule has 0 saturated carbocycles. The standard InChI is InChI=1S/C11H17N5O3/c1-3-16-9(18)7-8(15(2)11(16)19)14-10(13-7)12-5-4-6-17/h17H,3-6H2,1-2H3,(H2,12,13,14). The minimum absolute atomic E-state index is 0.0777. The molecule has 2 aromatic rings. The highest BCUT2D eigenvalue weighted by molar-refractivity contribution is 5.72. The minimum Gasteiger partial charge on any atom is -0.396 e. The highest BCUT2D eigenvalue weighted by Crippen LogP contribution is 2.08. The van der Waals surface area contributed by atoms with Crippen molar-refractivity contribution in [2.24, 2.45) is 7.05 Å². The summed E-state index contributed by atoms with van der Waals surface area (Å²) in [6, 6.07) is 0. The Morgan fingerprint density at radius 2 is 2.16 bits per heavy atom. The molecule has 0 aliphatic rings. The van der Waals surface area contributed by atoms with Crippen LogP contribution in [-0.2, 0) is 13.6 Å². The van der Waals surface area contributed by atoms with Gasteiger partial charge in [0.25, 0.3) is 5.56 Å². The van der Waals surface area contributed by atoms with Gasteiger partial charge in [-0.1, -0.05) is 0 Å². The smallest absolute Gasteiger partial charge is 0.332 e. The number of hydrogen-bond acceptors (Lipinski definition) is 5. The Morgan fingerprint density at radius 1 is 1.42 bits per heavy atom. The van der Waals surface area contributed by atoms with E-state index in [-0.39, 0.29) is 17.9 Å². The average Bonchev–Trinajstić information content (AvgIpc) is 2.82. The van der Waals surface area contributed by atoms with E-state index in [4.69, 9.17) is 5.11 Å². The van der Waals surface area contributed by atoms with Crippen molar-refractivity contribution in [3.8, 4) is 0 Å². The second-order valence-corrected chi connectivity index (χ2v) is 4.18. The number of aryl methyl sites for hydroxylation is 1. The molecule has 19 heavy (non-hydrogen) atoms. The van der Waals surface area contributed by atoms with Crippen LogP contribution in [0.15, 0.2) is 9.59 Å². The molecule has 0 fully saturated rings. The highest BCUT2D eigenvalue weighted by Gasteiger charge is 2.13. The Balaban J connectivity index is 2.53. The summed E-state index contributed by atoms with van der Waals surface area (Å²) in [5.41, 5.74) is -0.127. The predicted molar refractivity (Wildman–Crippen MR) is 71.5 cm³/mol. The van der Waals surface area contributed by atoms with Crippen molar-refractivity contribution >= 4 is 17.1 Å². The van der Waals surface area contributed by atoms with Crippen LogP contribution in [0.1, 0.15) is 13.3 Å². The number of H-pyrrole nitrogens is 1. The van der Waals surface area contributed by atoms with E-state index in [1.807, 2.05) is 0 Å². The molecule has 0 amide bonds. The van der Waals surface area contributed by atoms with Crippen molar-refractivity contribution in [3.05, 3.63) is 20.8 Å². The molecular formula is C11H17N5O3. The van der Waals surface area contributed by atoms with Gasteiger partial charge >= 0.3 is 5.69 Å². The topological polar surface area (TPSA) is 105 Å². The largest absolute Gasteiger partial charge is 0.396 e. The van der Waals surface area contributed by atoms with E-state index in [2.05, 4.69) is 15.3 Å². The Morgan fingerprint density at radius 3 is 2.79 bits per heavy atom. The fraction of sp³-hybridized carbons (Fsp3) is 0.545. The van der Waals surface area contributed by atoms with Gasteiger partial charge in [-0.2, -0.15) is 4.98 Å². The van der Waals surface area contributed by atoms with Crippen molar-refractivity contribution in [2.45, 2.75) is 19.9 Å². The summed E-state index contributed by atoms with van der Waals surface area (Å²) in [5.74, 6) is 0.421. The van der Waals surface area contributed by atoms with Gasteiger partial charge in [-0.25, -0.2) is 4.79 Å². The van der Waals surface area contributed by atoms with E-state index in [1.54, 1.807) is 14.0 Å². The molecule has 0 aromatic carbocycles. The van der Waals surface area contributed by atoms with Crippen molar-refractivity contribution in [1.82, 2.24) is 19.1 Å². The third-order valence-electron chi connectivity index (χ3n) is 2.92. The van der Waals surface area contributed by atoms with Crippen molar-refractivity contribution < 1.29 is 5.11 Å². The highest BCUT2D eigenvalue weighted by atomic mass is 16.3. The Kier molecular flexibility index (Phi) is 3.70. The Hall–Kier alpha value is -2.09. The first-order valence-corrected chi connectivity index (χ1v) is 6.14. The van der Waals surface area contributed by atoms with Crippen LogP contribution in [0, 0.1) is 0 Å². The SMILES string of the molecule is CCn1c(=O)c2[nH]c(NCCCO)nc2n(C)c1=O. The van der Waals surface area contributed by atoms with Gasteiger partial charge in [-0.15, -0.1) is 0 Å². The second-order valence-electron chi connectivity index (χ2n) is 4.18. The van der Waals surface area contributed by atoms with Gasteiger partial charge in [0.05, 0.1) is 0 Å². The molecule has 8 heteroatoms. The van der Waals surface area contributed by atoms with Gasteiger partial charge in [-0.3, -0.25) is 13.9 Å². The molecule has 0 aliphatic heterocycles. The summed E-state index contributed by atoms with van der Waals surface area (Å²) in [6.45, 7) is 2.67. The number of aliphatic hydroxyl groups is 1. The zero-order valence-corrected chi connectivity index (χ0v) is 10.9. The number of aromatic amines is 1. The molecule has 2 rings (SSSR count). The quantitative estimate of drug-likeness (QED) is 0.617. The maximum atomic E-state index is 12.1. The molecular weight excluding hydrogens is 250 g/mol. The van der Waals surface area contributed by atoms with Crippen molar-refractivity contribution in [2.75, 3.05) is 18.5 Å². The lowest BCUT2D eigenvalue weighted by molar-refractivity contribution is 0.292. The fourth-order valence-electron chi connectivity index (χ4n) is 1.90. The van der Waals surface area contributed by atoms with E-state index < -0.39 is 0 Å². The number of rotatable bonds is 5. The molecule has 0 saturated heterocycles. The van der Waals surface area contributed by atoms with Gasteiger partial charge in [0, 0.05) is 26.7 Å². The molecule has 3 N–H and O–H groups in total. The van der Waals surface area contributed by atoms with Crippen LogP contribution in [0.2, 0.25) is 0 Å². The summed E-state index contributed by atoms with van der Waals surface area (Å²) in [6.07, 6.45) is 0.579. The van der Waals surface area contributed by atoms with Gasteiger partial charge in [0.1, 0.15) is 0 Å². The zero-order valence-electron chi connectivity index (χ0n) is 10.9. The minimum atomic E-state index is -0.381. The van der Waals surface area contributed by atoms with Gasteiger partial charge < -0.3 is 15.4 Å². The van der Waals surface area contributed by atoms with E-state index >= 15 is 0 Å². The molecule has 0 atom stereocenters. The van der Waals surface area contributed by atoms with Crippen LogP contribution >= 0.6 is 0 Å². The first-order chi connectivity index (χ1) is 9.10. The van der Waals surface area contributed by atoms with Crippen molar-refractivity contribution in [1.29, 1.82) is 0 Å². The maximum absolute atomic E-state index is 12.1. The lowest BCUT2D eigenvalue weighted by Crippen LogP contribution is -2.38. The number of aromatic nitrogens is 4. The predicted octanol–water partition coefficient (Wildman–Crippen LogP) is -0.762. The summed E-state index contributed by atoms with van der Waals surface area (Å²) >= 11 is 0. The lowest BCUT2D eigenvalue weighted by atomic mass is 10.4. The van der Waals surface area contributed by atoms with E-state index in [9.17, 15) is 9.59 Å². The first-order valence-electron chi connectivity index (χ1n) is 6.14. The summed E-state index contributed by atoms with van der Waals surface area (Å²) in [5, 5.41) is 11.7. The molecule has 104 valence electrons. The number of imidazole rings is 1. The number of nitrogens with zero attached hydrogens (tertiary/aromatic N) is 3. The number of fused-ring (bicyclic) bond motifs is 1. The van der Waals surface area contributed by atoms with Gasteiger partial charge in [-0.05, 0) is 13.3 Å². The van der Waals surface area contributed by atoms with Crippen LogP contribution in [0.4, 0.5) is 5.95 Å². The summed E-state index contributed by atoms with van der Waals surface area (Å²) in [7, 11) is 1.58. The first kappa shape index (κ1) is 13.3.